The van der Waals surface area contributed by atoms with Gasteiger partial charge in [0.2, 0.25) is 21.7 Å². The minimum Gasteiger partial charge on any atom is -0.492 e. The summed E-state index contributed by atoms with van der Waals surface area (Å²) in [5, 5.41) is 10.8. The summed E-state index contributed by atoms with van der Waals surface area (Å²) in [7, 11) is -2.97. The lowest BCUT2D eigenvalue weighted by Gasteiger charge is -2.24. The van der Waals surface area contributed by atoms with E-state index in [-0.39, 0.29) is 23.2 Å². The molecule has 1 unspecified atom stereocenters. The van der Waals surface area contributed by atoms with Crippen LogP contribution in [0.25, 0.3) is 11.1 Å². The topological polar surface area (TPSA) is 111 Å². The molecule has 1 atom stereocenters. The first kappa shape index (κ1) is 28.1. The number of aromatic nitrogens is 3. The lowest BCUT2D eigenvalue weighted by atomic mass is 10.1. The van der Waals surface area contributed by atoms with Gasteiger partial charge in [-0.25, -0.2) is 13.4 Å². The maximum Gasteiger partial charge on any atom is 0.277 e. The molecule has 8 nitrogen and oxygen atoms in total. The number of hydrogen-bond donors (Lipinski definition) is 1. The summed E-state index contributed by atoms with van der Waals surface area (Å²) >= 11 is 0. The summed E-state index contributed by atoms with van der Waals surface area (Å²) in [6.45, 7) is 4.14. The van der Waals surface area contributed by atoms with E-state index in [0.717, 1.165) is 5.56 Å². The summed E-state index contributed by atoms with van der Waals surface area (Å²) in [5.41, 5.74) is 1.06. The van der Waals surface area contributed by atoms with E-state index in [9.17, 15) is 22.7 Å². The molecule has 0 fully saturated rings. The molecule has 39 heavy (non-hydrogen) atoms. The van der Waals surface area contributed by atoms with Gasteiger partial charge in [-0.2, -0.15) is 9.37 Å². The summed E-state index contributed by atoms with van der Waals surface area (Å²) in [4.78, 5) is 20.8. The second-order valence-corrected chi connectivity index (χ2v) is 11.5. The highest BCUT2D eigenvalue weighted by Gasteiger charge is 2.32. The van der Waals surface area contributed by atoms with Crippen LogP contribution in [-0.2, 0) is 21.0 Å². The second-order valence-electron chi connectivity index (χ2n) is 9.57. The van der Waals surface area contributed by atoms with Crippen LogP contribution < -0.4 is 5.56 Å². The Labute approximate surface area is 226 Å². The SMILES string of the molecule is COCC(c1ccccc1)n1c(CCC(C)C)nc(O)c(S(=O)(=O)c2ccc(-c3ccc(F)nc3)cc2)c1=O. The van der Waals surface area contributed by atoms with Gasteiger partial charge < -0.3 is 9.84 Å². The Bertz CT molecular complexity index is 1590. The van der Waals surface area contributed by atoms with E-state index in [0.29, 0.717) is 24.0 Å². The molecule has 0 spiro atoms. The fraction of sp³-hybridized carbons (Fsp3) is 0.276. The molecular weight excluding hydrogens is 521 g/mol. The van der Waals surface area contributed by atoms with Crippen molar-refractivity contribution in [3.8, 4) is 17.0 Å². The van der Waals surface area contributed by atoms with E-state index in [1.807, 2.05) is 44.2 Å². The van der Waals surface area contributed by atoms with Crippen LogP contribution in [0.5, 0.6) is 5.88 Å². The normalized spacial score (nSPS) is 12.5. The van der Waals surface area contributed by atoms with Crippen LogP contribution in [0, 0.1) is 11.9 Å². The van der Waals surface area contributed by atoms with Crippen molar-refractivity contribution in [2.75, 3.05) is 13.7 Å². The third-order valence-corrected chi connectivity index (χ3v) is 8.18. The monoisotopic (exact) mass is 551 g/mol. The molecule has 0 bridgehead atoms. The minimum absolute atomic E-state index is 0.0882. The fourth-order valence-corrected chi connectivity index (χ4v) is 5.69. The Morgan fingerprint density at radius 1 is 1.00 bits per heavy atom. The van der Waals surface area contributed by atoms with Crippen molar-refractivity contribution in [1.82, 2.24) is 14.5 Å². The standard InChI is InChI=1S/C29H30FN3O5S/c1-19(2)9-16-26-32-28(34)27(29(35)33(26)24(18-38-3)21-7-5-4-6-8-21)39(36,37)23-13-10-20(11-14-23)22-12-15-25(30)31-17-22/h4-8,10-15,17,19,24,34H,9,16,18H2,1-3H3. The number of ether oxygens (including phenoxy) is 1. The highest BCUT2D eigenvalue weighted by atomic mass is 32.2. The van der Waals surface area contributed by atoms with Gasteiger partial charge in [0.15, 0.2) is 4.90 Å². The number of rotatable bonds is 10. The van der Waals surface area contributed by atoms with Crippen LogP contribution in [-0.4, -0.2) is 41.8 Å². The molecule has 0 saturated carbocycles. The average Bonchev–Trinajstić information content (AvgIpc) is 2.92. The van der Waals surface area contributed by atoms with Gasteiger partial charge in [0.1, 0.15) is 5.82 Å². The molecule has 2 heterocycles. The molecular formula is C29H30FN3O5S. The molecule has 0 amide bonds. The number of methoxy groups -OCH3 is 1. The number of nitrogens with zero attached hydrogens (tertiary/aromatic N) is 3. The van der Waals surface area contributed by atoms with Crippen molar-refractivity contribution in [3.63, 3.8) is 0 Å². The van der Waals surface area contributed by atoms with Crippen LogP contribution in [0.1, 0.15) is 37.7 Å². The van der Waals surface area contributed by atoms with Gasteiger partial charge in [0, 0.05) is 25.3 Å². The summed E-state index contributed by atoms with van der Waals surface area (Å²) < 4.78 is 47.4. The van der Waals surface area contributed by atoms with Crippen LogP contribution in [0.3, 0.4) is 0 Å². The van der Waals surface area contributed by atoms with E-state index in [1.165, 1.54) is 54.3 Å². The Hall–Kier alpha value is -3.89. The predicted octanol–water partition coefficient (Wildman–Crippen LogP) is 4.81. The lowest BCUT2D eigenvalue weighted by molar-refractivity contribution is 0.165. The number of sulfone groups is 1. The van der Waals surface area contributed by atoms with Gasteiger partial charge in [0.25, 0.3) is 5.56 Å². The first-order chi connectivity index (χ1) is 18.6. The molecule has 0 radical (unpaired) electrons. The summed E-state index contributed by atoms with van der Waals surface area (Å²) in [6, 6.07) is 16.9. The number of hydrogen-bond acceptors (Lipinski definition) is 7. The number of aromatic hydroxyl groups is 1. The van der Waals surface area contributed by atoms with E-state index in [2.05, 4.69) is 9.97 Å². The highest BCUT2D eigenvalue weighted by molar-refractivity contribution is 7.91. The molecule has 4 aromatic rings. The number of aryl methyl sites for hydroxylation is 1. The third-order valence-electron chi connectivity index (χ3n) is 6.39. The molecule has 0 saturated heterocycles. The molecule has 0 aliphatic rings. The van der Waals surface area contributed by atoms with E-state index in [1.54, 1.807) is 0 Å². The number of benzene rings is 2. The van der Waals surface area contributed by atoms with Gasteiger partial charge in [-0.3, -0.25) is 9.36 Å². The third kappa shape index (κ3) is 6.07. The average molecular weight is 552 g/mol. The van der Waals surface area contributed by atoms with Gasteiger partial charge in [-0.1, -0.05) is 56.3 Å². The predicted molar refractivity (Wildman–Crippen MR) is 145 cm³/mol. The van der Waals surface area contributed by atoms with Crippen molar-refractivity contribution < 1.29 is 22.7 Å². The molecule has 10 heteroatoms. The van der Waals surface area contributed by atoms with Crippen LogP contribution in [0.4, 0.5) is 4.39 Å². The number of pyridine rings is 1. The Morgan fingerprint density at radius 2 is 1.67 bits per heavy atom. The first-order valence-corrected chi connectivity index (χ1v) is 14.0. The molecule has 0 aliphatic heterocycles. The molecule has 4 rings (SSSR count). The molecule has 204 valence electrons. The quantitative estimate of drug-likeness (QED) is 0.282. The Balaban J connectivity index is 1.86. The fourth-order valence-electron chi connectivity index (χ4n) is 4.34. The van der Waals surface area contributed by atoms with Crippen LogP contribution in [0.15, 0.2) is 87.5 Å². The van der Waals surface area contributed by atoms with Crippen LogP contribution >= 0.6 is 0 Å². The highest BCUT2D eigenvalue weighted by Crippen LogP contribution is 2.29. The first-order valence-electron chi connectivity index (χ1n) is 12.5. The summed E-state index contributed by atoms with van der Waals surface area (Å²) in [5.74, 6) is -0.911. The molecule has 2 aromatic carbocycles. The maximum atomic E-state index is 14.0. The number of halogens is 1. The Kier molecular flexibility index (Phi) is 8.57. The van der Waals surface area contributed by atoms with Crippen molar-refractivity contribution in [2.45, 2.75) is 42.5 Å². The minimum atomic E-state index is -4.47. The van der Waals surface area contributed by atoms with Crippen molar-refractivity contribution in [1.29, 1.82) is 0 Å². The zero-order chi connectivity index (χ0) is 28.2. The van der Waals surface area contributed by atoms with Gasteiger partial charge in [-0.05, 0) is 47.7 Å². The van der Waals surface area contributed by atoms with Gasteiger partial charge >= 0.3 is 0 Å². The van der Waals surface area contributed by atoms with Crippen LogP contribution in [0.2, 0.25) is 0 Å². The summed E-state index contributed by atoms with van der Waals surface area (Å²) in [6.07, 6.45) is 2.36. The van der Waals surface area contributed by atoms with E-state index in [4.69, 9.17) is 4.74 Å². The Morgan fingerprint density at radius 3 is 2.26 bits per heavy atom. The van der Waals surface area contributed by atoms with E-state index < -0.39 is 38.2 Å². The smallest absolute Gasteiger partial charge is 0.277 e. The molecule has 1 N–H and O–H groups in total. The zero-order valence-electron chi connectivity index (χ0n) is 21.9. The largest absolute Gasteiger partial charge is 0.492 e. The van der Waals surface area contributed by atoms with Gasteiger partial charge in [-0.15, -0.1) is 0 Å². The van der Waals surface area contributed by atoms with E-state index >= 15 is 0 Å². The van der Waals surface area contributed by atoms with Gasteiger partial charge in [0.05, 0.1) is 17.5 Å². The van der Waals surface area contributed by atoms with Crippen molar-refractivity contribution >= 4 is 9.84 Å². The van der Waals surface area contributed by atoms with Crippen molar-refractivity contribution in [2.24, 2.45) is 5.92 Å². The maximum absolute atomic E-state index is 14.0. The second kappa shape index (κ2) is 11.9. The molecule has 0 aliphatic carbocycles. The lowest BCUT2D eigenvalue weighted by Crippen LogP contribution is -2.35. The molecule has 2 aromatic heterocycles. The zero-order valence-corrected chi connectivity index (χ0v) is 22.7. The van der Waals surface area contributed by atoms with Crippen molar-refractivity contribution in [3.05, 3.63) is 101 Å².